The first-order valence-electron chi connectivity index (χ1n) is 5.04. The smallest absolute Gasteiger partial charge is 0.359 e. The molecule has 94 valence electrons. The SMILES string of the molecule is CC(=O)c1ccc(N(C)CCC(F)(F)F)nc1. The van der Waals surface area contributed by atoms with Crippen molar-refractivity contribution >= 4 is 11.6 Å². The second-order valence-electron chi connectivity index (χ2n) is 3.75. The summed E-state index contributed by atoms with van der Waals surface area (Å²) < 4.78 is 36.0. The van der Waals surface area contributed by atoms with Crippen molar-refractivity contribution in [3.63, 3.8) is 0 Å². The van der Waals surface area contributed by atoms with E-state index < -0.39 is 12.6 Å². The van der Waals surface area contributed by atoms with Crippen LogP contribution in [0.5, 0.6) is 0 Å². The Balaban J connectivity index is 2.63. The molecule has 0 spiro atoms. The van der Waals surface area contributed by atoms with E-state index in [2.05, 4.69) is 4.98 Å². The molecule has 0 saturated heterocycles. The minimum atomic E-state index is -4.17. The summed E-state index contributed by atoms with van der Waals surface area (Å²) in [5.41, 5.74) is 0.443. The lowest BCUT2D eigenvalue weighted by Gasteiger charge is -2.18. The number of anilines is 1. The van der Waals surface area contributed by atoms with Crippen molar-refractivity contribution in [1.82, 2.24) is 4.98 Å². The van der Waals surface area contributed by atoms with Gasteiger partial charge in [0.25, 0.3) is 0 Å². The first-order valence-corrected chi connectivity index (χ1v) is 5.04. The lowest BCUT2D eigenvalue weighted by molar-refractivity contribution is -0.132. The van der Waals surface area contributed by atoms with Crippen molar-refractivity contribution in [3.8, 4) is 0 Å². The molecule has 1 rings (SSSR count). The summed E-state index contributed by atoms with van der Waals surface area (Å²) in [5.74, 6) is 0.293. The molecule has 0 radical (unpaired) electrons. The Labute approximate surface area is 97.3 Å². The molecule has 3 nitrogen and oxygen atoms in total. The Morgan fingerprint density at radius 1 is 1.41 bits per heavy atom. The second-order valence-corrected chi connectivity index (χ2v) is 3.75. The third-order valence-electron chi connectivity index (χ3n) is 2.28. The highest BCUT2D eigenvalue weighted by Crippen LogP contribution is 2.20. The van der Waals surface area contributed by atoms with Crippen LogP contribution >= 0.6 is 0 Å². The molecule has 1 aromatic heterocycles. The van der Waals surface area contributed by atoms with E-state index >= 15 is 0 Å². The summed E-state index contributed by atoms with van der Waals surface area (Å²) >= 11 is 0. The Bertz CT molecular complexity index is 387. The van der Waals surface area contributed by atoms with Crippen LogP contribution in [-0.4, -0.2) is 30.5 Å². The van der Waals surface area contributed by atoms with E-state index in [4.69, 9.17) is 0 Å². The van der Waals surface area contributed by atoms with E-state index in [1.165, 1.54) is 31.1 Å². The van der Waals surface area contributed by atoms with Crippen LogP contribution < -0.4 is 4.90 Å². The van der Waals surface area contributed by atoms with E-state index in [0.29, 0.717) is 11.4 Å². The molecule has 1 aromatic rings. The van der Waals surface area contributed by atoms with Crippen LogP contribution in [-0.2, 0) is 0 Å². The van der Waals surface area contributed by atoms with Gasteiger partial charge in [-0.1, -0.05) is 0 Å². The number of nitrogens with zero attached hydrogens (tertiary/aromatic N) is 2. The Kier molecular flexibility index (Phi) is 4.09. The number of Topliss-reactive ketones (excluding diaryl/α,β-unsaturated/α-hetero) is 1. The number of halogens is 3. The van der Waals surface area contributed by atoms with Gasteiger partial charge < -0.3 is 4.90 Å². The quantitative estimate of drug-likeness (QED) is 0.766. The van der Waals surface area contributed by atoms with E-state index in [-0.39, 0.29) is 12.3 Å². The highest BCUT2D eigenvalue weighted by Gasteiger charge is 2.27. The predicted octanol–water partition coefficient (Wildman–Crippen LogP) is 2.67. The number of alkyl halides is 3. The summed E-state index contributed by atoms with van der Waals surface area (Å²) in [4.78, 5) is 16.3. The third kappa shape index (κ3) is 4.42. The van der Waals surface area contributed by atoms with Crippen molar-refractivity contribution in [2.45, 2.75) is 19.5 Å². The number of hydrogen-bond donors (Lipinski definition) is 0. The molecule has 0 saturated carbocycles. The van der Waals surface area contributed by atoms with Crippen LogP contribution in [0.4, 0.5) is 19.0 Å². The van der Waals surface area contributed by atoms with Crippen molar-refractivity contribution in [2.75, 3.05) is 18.5 Å². The van der Waals surface area contributed by atoms with Crippen molar-refractivity contribution in [3.05, 3.63) is 23.9 Å². The van der Waals surface area contributed by atoms with Gasteiger partial charge in [-0.25, -0.2) is 4.98 Å². The number of rotatable bonds is 4. The van der Waals surface area contributed by atoms with E-state index in [0.717, 1.165) is 0 Å². The Morgan fingerprint density at radius 3 is 2.47 bits per heavy atom. The average Bonchev–Trinajstić information content (AvgIpc) is 2.25. The molecule has 6 heteroatoms. The van der Waals surface area contributed by atoms with Crippen LogP contribution in [0.3, 0.4) is 0 Å². The molecule has 1 heterocycles. The first-order chi connectivity index (χ1) is 7.79. The van der Waals surface area contributed by atoms with Crippen molar-refractivity contribution in [1.29, 1.82) is 0 Å². The van der Waals surface area contributed by atoms with Gasteiger partial charge in [0.05, 0.1) is 6.42 Å². The maximum Gasteiger partial charge on any atom is 0.390 e. The maximum atomic E-state index is 12.0. The van der Waals surface area contributed by atoms with Gasteiger partial charge in [-0.3, -0.25) is 4.79 Å². The molecule has 0 aromatic carbocycles. The molecular formula is C11H13F3N2O. The first kappa shape index (κ1) is 13.5. The van der Waals surface area contributed by atoms with Gasteiger partial charge in [-0.05, 0) is 19.1 Å². The number of carbonyl (C=O) groups excluding carboxylic acids is 1. The van der Waals surface area contributed by atoms with Gasteiger partial charge in [0.1, 0.15) is 5.82 Å². The molecule has 0 N–H and O–H groups in total. The van der Waals surface area contributed by atoms with Gasteiger partial charge in [-0.15, -0.1) is 0 Å². The largest absolute Gasteiger partial charge is 0.390 e. The van der Waals surface area contributed by atoms with Crippen molar-refractivity contribution in [2.24, 2.45) is 0 Å². The third-order valence-corrected chi connectivity index (χ3v) is 2.28. The van der Waals surface area contributed by atoms with Crippen LogP contribution in [0, 0.1) is 0 Å². The fraction of sp³-hybridized carbons (Fsp3) is 0.455. The fourth-order valence-electron chi connectivity index (χ4n) is 1.23. The number of hydrogen-bond acceptors (Lipinski definition) is 3. The summed E-state index contributed by atoms with van der Waals surface area (Å²) in [7, 11) is 1.53. The Hall–Kier alpha value is -1.59. The van der Waals surface area contributed by atoms with Crippen LogP contribution in [0.25, 0.3) is 0 Å². The van der Waals surface area contributed by atoms with Gasteiger partial charge in [0.2, 0.25) is 0 Å². The van der Waals surface area contributed by atoms with Crippen LogP contribution in [0.15, 0.2) is 18.3 Å². The molecule has 0 atom stereocenters. The van der Waals surface area contributed by atoms with Gasteiger partial charge in [0, 0.05) is 25.4 Å². The molecule has 0 amide bonds. The van der Waals surface area contributed by atoms with E-state index in [1.54, 1.807) is 6.07 Å². The van der Waals surface area contributed by atoms with Gasteiger partial charge >= 0.3 is 6.18 Å². The summed E-state index contributed by atoms with van der Waals surface area (Å²) in [6.45, 7) is 1.25. The predicted molar refractivity (Wildman–Crippen MR) is 58.2 cm³/mol. The minimum absolute atomic E-state index is 0.123. The zero-order chi connectivity index (χ0) is 13.1. The monoisotopic (exact) mass is 246 g/mol. The normalized spacial score (nSPS) is 11.4. The zero-order valence-electron chi connectivity index (χ0n) is 9.58. The topological polar surface area (TPSA) is 33.2 Å². The number of pyridine rings is 1. The molecule has 0 aliphatic rings. The lowest BCUT2D eigenvalue weighted by atomic mass is 10.2. The zero-order valence-corrected chi connectivity index (χ0v) is 9.58. The Morgan fingerprint density at radius 2 is 2.06 bits per heavy atom. The number of carbonyl (C=O) groups is 1. The molecule has 0 bridgehead atoms. The maximum absolute atomic E-state index is 12.0. The standard InChI is InChI=1S/C11H13F3N2O/c1-8(17)9-3-4-10(15-7-9)16(2)6-5-11(12,13)14/h3-4,7H,5-6H2,1-2H3. The molecule has 0 aliphatic carbocycles. The highest BCUT2D eigenvalue weighted by molar-refractivity contribution is 5.93. The number of aromatic nitrogens is 1. The number of ketones is 1. The molecule has 0 fully saturated rings. The van der Waals surface area contributed by atoms with Gasteiger partial charge in [0.15, 0.2) is 5.78 Å². The van der Waals surface area contributed by atoms with E-state index in [9.17, 15) is 18.0 Å². The summed E-state index contributed by atoms with van der Waals surface area (Å²) in [6, 6.07) is 3.09. The van der Waals surface area contributed by atoms with Gasteiger partial charge in [-0.2, -0.15) is 13.2 Å². The van der Waals surface area contributed by atoms with E-state index in [1.807, 2.05) is 0 Å². The molecule has 17 heavy (non-hydrogen) atoms. The molecule has 0 aliphatic heterocycles. The molecular weight excluding hydrogens is 233 g/mol. The fourth-order valence-corrected chi connectivity index (χ4v) is 1.23. The summed E-state index contributed by atoms with van der Waals surface area (Å²) in [5, 5.41) is 0. The van der Waals surface area contributed by atoms with Crippen LogP contribution in [0.1, 0.15) is 23.7 Å². The minimum Gasteiger partial charge on any atom is -0.359 e. The second kappa shape index (κ2) is 5.16. The molecule has 0 unspecified atom stereocenters. The average molecular weight is 246 g/mol. The summed E-state index contributed by atoms with van der Waals surface area (Å²) in [6.07, 6.45) is -3.70. The highest BCUT2D eigenvalue weighted by atomic mass is 19.4. The van der Waals surface area contributed by atoms with Crippen LogP contribution in [0.2, 0.25) is 0 Å². The van der Waals surface area contributed by atoms with Crippen molar-refractivity contribution < 1.29 is 18.0 Å². The lowest BCUT2D eigenvalue weighted by Crippen LogP contribution is -2.24.